The summed E-state index contributed by atoms with van der Waals surface area (Å²) in [5, 5.41) is 0. The first-order valence-corrected chi connectivity index (χ1v) is 4.41. The van der Waals surface area contributed by atoms with E-state index in [1.807, 2.05) is 0 Å². The van der Waals surface area contributed by atoms with Crippen molar-refractivity contribution < 1.29 is 13.5 Å². The van der Waals surface area contributed by atoms with Crippen molar-refractivity contribution in [1.82, 2.24) is 0 Å². The quantitative estimate of drug-likeness (QED) is 0.787. The van der Waals surface area contributed by atoms with Gasteiger partial charge in [0, 0.05) is 5.56 Å². The van der Waals surface area contributed by atoms with Gasteiger partial charge in [0.1, 0.15) is 0 Å². The molecule has 0 unspecified atom stereocenters. The van der Waals surface area contributed by atoms with E-state index in [9.17, 15) is 8.78 Å². The van der Waals surface area contributed by atoms with E-state index in [4.69, 9.17) is 10.5 Å². The normalized spacial score (nSPS) is 15.6. The topological polar surface area (TPSA) is 35.2 Å². The zero-order valence-electron chi connectivity index (χ0n) is 7.59. The lowest BCUT2D eigenvalue weighted by atomic mass is 10.0. The van der Waals surface area contributed by atoms with Gasteiger partial charge in [0.15, 0.2) is 0 Å². The molecule has 1 aliphatic heterocycles. The molecule has 0 aliphatic carbocycles. The number of rotatable bonds is 2. The molecule has 2 rings (SSSR count). The second kappa shape index (κ2) is 3.29. The van der Waals surface area contributed by atoms with Crippen LogP contribution in [0.25, 0.3) is 0 Å². The molecule has 2 N–H and O–H groups in total. The second-order valence-corrected chi connectivity index (χ2v) is 3.38. The van der Waals surface area contributed by atoms with Crippen LogP contribution in [0.5, 0.6) is 0 Å². The van der Waals surface area contributed by atoms with Crippen molar-refractivity contribution in [2.24, 2.45) is 5.73 Å². The smallest absolute Gasteiger partial charge is 0.285 e. The van der Waals surface area contributed by atoms with Crippen molar-refractivity contribution in [1.29, 1.82) is 0 Å². The van der Waals surface area contributed by atoms with Crippen LogP contribution in [-0.4, -0.2) is 6.54 Å². The summed E-state index contributed by atoms with van der Waals surface area (Å²) in [5.41, 5.74) is 6.81. The molecule has 0 fully saturated rings. The van der Waals surface area contributed by atoms with Gasteiger partial charge in [-0.3, -0.25) is 0 Å². The number of benzene rings is 1. The Labute approximate surface area is 80.7 Å². The number of halogens is 2. The lowest BCUT2D eigenvalue weighted by Crippen LogP contribution is -2.25. The zero-order valence-corrected chi connectivity index (χ0v) is 7.59. The molecule has 4 heteroatoms. The Kier molecular flexibility index (Phi) is 2.25. The van der Waals surface area contributed by atoms with E-state index in [2.05, 4.69) is 0 Å². The first kappa shape index (κ1) is 9.55. The number of fused-ring (bicyclic) bond motifs is 1. The van der Waals surface area contributed by atoms with Crippen LogP contribution >= 0.6 is 0 Å². The standard InChI is InChI=1S/C10H11F2NO/c11-10(12,6-13)9-2-1-7-4-14-5-8(7)3-9/h1-3H,4-6,13H2. The van der Waals surface area contributed by atoms with E-state index in [1.165, 1.54) is 12.1 Å². The lowest BCUT2D eigenvalue weighted by molar-refractivity contribution is 0.00585. The molecular weight excluding hydrogens is 188 g/mol. The largest absolute Gasteiger partial charge is 0.372 e. The minimum Gasteiger partial charge on any atom is -0.372 e. The fourth-order valence-electron chi connectivity index (χ4n) is 1.52. The first-order chi connectivity index (χ1) is 6.63. The summed E-state index contributed by atoms with van der Waals surface area (Å²) >= 11 is 0. The van der Waals surface area contributed by atoms with Crippen molar-refractivity contribution in [2.45, 2.75) is 19.1 Å². The SMILES string of the molecule is NCC(F)(F)c1ccc2c(c1)COC2. The molecule has 0 spiro atoms. The Morgan fingerprint density at radius 1 is 1.29 bits per heavy atom. The molecule has 0 radical (unpaired) electrons. The van der Waals surface area contributed by atoms with Gasteiger partial charge in [-0.2, -0.15) is 8.78 Å². The third-order valence-corrected chi connectivity index (χ3v) is 2.40. The van der Waals surface area contributed by atoms with Crippen LogP contribution in [0.2, 0.25) is 0 Å². The molecule has 0 aromatic heterocycles. The van der Waals surface area contributed by atoms with Crippen LogP contribution in [0, 0.1) is 0 Å². The van der Waals surface area contributed by atoms with Crippen molar-refractivity contribution >= 4 is 0 Å². The molecular formula is C10H11F2NO. The average molecular weight is 199 g/mol. The highest BCUT2D eigenvalue weighted by atomic mass is 19.3. The molecule has 1 aromatic rings. The molecule has 14 heavy (non-hydrogen) atoms. The Morgan fingerprint density at radius 2 is 2.00 bits per heavy atom. The summed E-state index contributed by atoms with van der Waals surface area (Å²) in [6.45, 7) is 0.278. The highest BCUT2D eigenvalue weighted by Crippen LogP contribution is 2.30. The summed E-state index contributed by atoms with van der Waals surface area (Å²) < 4.78 is 31.5. The van der Waals surface area contributed by atoms with E-state index in [0.717, 1.165) is 11.1 Å². The van der Waals surface area contributed by atoms with Crippen LogP contribution in [0.3, 0.4) is 0 Å². The Balaban J connectivity index is 2.38. The van der Waals surface area contributed by atoms with Crippen LogP contribution in [0.1, 0.15) is 16.7 Å². The summed E-state index contributed by atoms with van der Waals surface area (Å²) in [6.07, 6.45) is 0. The molecule has 2 nitrogen and oxygen atoms in total. The molecule has 0 saturated heterocycles. The fraction of sp³-hybridized carbons (Fsp3) is 0.400. The van der Waals surface area contributed by atoms with Gasteiger partial charge in [-0.25, -0.2) is 0 Å². The molecule has 0 atom stereocenters. The number of nitrogens with two attached hydrogens (primary N) is 1. The monoisotopic (exact) mass is 199 g/mol. The van der Waals surface area contributed by atoms with Crippen molar-refractivity contribution in [3.8, 4) is 0 Å². The van der Waals surface area contributed by atoms with E-state index >= 15 is 0 Å². The van der Waals surface area contributed by atoms with Crippen LogP contribution in [0.15, 0.2) is 18.2 Å². The van der Waals surface area contributed by atoms with Crippen LogP contribution in [0.4, 0.5) is 8.78 Å². The molecule has 0 saturated carbocycles. The maximum atomic E-state index is 13.2. The van der Waals surface area contributed by atoms with E-state index < -0.39 is 12.5 Å². The van der Waals surface area contributed by atoms with Crippen LogP contribution < -0.4 is 5.73 Å². The van der Waals surface area contributed by atoms with Gasteiger partial charge in [0.05, 0.1) is 19.8 Å². The molecule has 0 amide bonds. The minimum absolute atomic E-state index is 0.0238. The third kappa shape index (κ3) is 1.51. The predicted octanol–water partition coefficient (Wildman–Crippen LogP) is 1.77. The average Bonchev–Trinajstić information content (AvgIpc) is 2.64. The number of hydrogen-bond acceptors (Lipinski definition) is 2. The lowest BCUT2D eigenvalue weighted by Gasteiger charge is -2.14. The van der Waals surface area contributed by atoms with Gasteiger partial charge < -0.3 is 10.5 Å². The van der Waals surface area contributed by atoms with Crippen molar-refractivity contribution in [2.75, 3.05) is 6.54 Å². The minimum atomic E-state index is -2.93. The highest BCUT2D eigenvalue weighted by Gasteiger charge is 2.30. The summed E-state index contributed by atoms with van der Waals surface area (Å²) in [4.78, 5) is 0. The van der Waals surface area contributed by atoms with Crippen LogP contribution in [-0.2, 0) is 23.9 Å². The second-order valence-electron chi connectivity index (χ2n) is 3.38. The number of hydrogen-bond donors (Lipinski definition) is 1. The molecule has 1 aliphatic rings. The van der Waals surface area contributed by atoms with Gasteiger partial charge in [-0.15, -0.1) is 0 Å². The zero-order chi connectivity index (χ0) is 10.2. The van der Waals surface area contributed by atoms with Crippen molar-refractivity contribution in [3.63, 3.8) is 0 Å². The van der Waals surface area contributed by atoms with Gasteiger partial charge in [0.2, 0.25) is 0 Å². The van der Waals surface area contributed by atoms with Crippen molar-refractivity contribution in [3.05, 3.63) is 34.9 Å². The molecule has 1 aromatic carbocycles. The maximum Gasteiger partial charge on any atom is 0.285 e. The summed E-state index contributed by atoms with van der Waals surface area (Å²) in [6, 6.07) is 4.58. The maximum absolute atomic E-state index is 13.2. The van der Waals surface area contributed by atoms with Gasteiger partial charge >= 0.3 is 0 Å². The first-order valence-electron chi connectivity index (χ1n) is 4.41. The summed E-state index contributed by atoms with van der Waals surface area (Å²) in [7, 11) is 0. The molecule has 76 valence electrons. The van der Waals surface area contributed by atoms with E-state index in [-0.39, 0.29) is 5.56 Å². The Hall–Kier alpha value is -1.00. The van der Waals surface area contributed by atoms with E-state index in [1.54, 1.807) is 6.07 Å². The number of alkyl halides is 2. The highest BCUT2D eigenvalue weighted by molar-refractivity contribution is 5.35. The Bertz CT molecular complexity index is 352. The van der Waals surface area contributed by atoms with Gasteiger partial charge in [-0.1, -0.05) is 12.1 Å². The molecule has 1 heterocycles. The fourth-order valence-corrected chi connectivity index (χ4v) is 1.52. The van der Waals surface area contributed by atoms with E-state index in [0.29, 0.717) is 13.2 Å². The van der Waals surface area contributed by atoms with Gasteiger partial charge in [-0.05, 0) is 17.2 Å². The third-order valence-electron chi connectivity index (χ3n) is 2.40. The van der Waals surface area contributed by atoms with Gasteiger partial charge in [0.25, 0.3) is 5.92 Å². The Morgan fingerprint density at radius 3 is 2.71 bits per heavy atom. The molecule has 0 bridgehead atoms. The number of ether oxygens (including phenoxy) is 1. The predicted molar refractivity (Wildman–Crippen MR) is 47.9 cm³/mol. The summed E-state index contributed by atoms with van der Waals surface area (Å²) in [5.74, 6) is -2.93.